The van der Waals surface area contributed by atoms with E-state index in [9.17, 15) is 0 Å². The van der Waals surface area contributed by atoms with E-state index < -0.39 is 0 Å². The Kier molecular flexibility index (Phi) is 3.29. The fourth-order valence-corrected chi connectivity index (χ4v) is 2.19. The molecule has 0 saturated carbocycles. The quantitative estimate of drug-likeness (QED) is 0.789. The van der Waals surface area contributed by atoms with Crippen molar-refractivity contribution in [2.45, 2.75) is 20.4 Å². The van der Waals surface area contributed by atoms with Gasteiger partial charge in [-0.1, -0.05) is 24.3 Å². The first-order valence-corrected chi connectivity index (χ1v) is 6.61. The summed E-state index contributed by atoms with van der Waals surface area (Å²) in [6.45, 7) is 4.58. The van der Waals surface area contributed by atoms with Crippen LogP contribution in [0.4, 0.5) is 5.82 Å². The van der Waals surface area contributed by atoms with Crippen molar-refractivity contribution >= 4 is 16.7 Å². The Labute approximate surface area is 117 Å². The van der Waals surface area contributed by atoms with E-state index in [4.69, 9.17) is 0 Å². The molecule has 0 amide bonds. The van der Waals surface area contributed by atoms with Gasteiger partial charge >= 0.3 is 0 Å². The molecule has 20 heavy (non-hydrogen) atoms. The average Bonchev–Trinajstić information content (AvgIpc) is 2.48. The van der Waals surface area contributed by atoms with E-state index in [0.717, 1.165) is 33.7 Å². The van der Waals surface area contributed by atoms with Crippen LogP contribution in [0.15, 0.2) is 42.7 Å². The Balaban J connectivity index is 1.89. The SMILES string of the molecule is Cc1cnc(C)c(NCc2cccc3cccnc23)n1. The number of nitrogens with zero attached hydrogens (tertiary/aromatic N) is 3. The smallest absolute Gasteiger partial charge is 0.148 e. The molecule has 0 atom stereocenters. The summed E-state index contributed by atoms with van der Waals surface area (Å²) in [6, 6.07) is 10.2. The molecular formula is C16H16N4. The van der Waals surface area contributed by atoms with Crippen molar-refractivity contribution in [2.75, 3.05) is 5.32 Å². The molecule has 1 aromatic carbocycles. The van der Waals surface area contributed by atoms with Crippen molar-refractivity contribution in [3.05, 3.63) is 59.7 Å². The molecule has 0 aliphatic heterocycles. The van der Waals surface area contributed by atoms with Gasteiger partial charge in [0.15, 0.2) is 0 Å². The van der Waals surface area contributed by atoms with Gasteiger partial charge in [-0.05, 0) is 25.5 Å². The molecule has 4 heteroatoms. The van der Waals surface area contributed by atoms with E-state index in [-0.39, 0.29) is 0 Å². The fourth-order valence-electron chi connectivity index (χ4n) is 2.19. The topological polar surface area (TPSA) is 50.7 Å². The van der Waals surface area contributed by atoms with Crippen molar-refractivity contribution in [1.29, 1.82) is 0 Å². The number of aromatic nitrogens is 3. The predicted octanol–water partition coefficient (Wildman–Crippen LogP) is 3.25. The summed E-state index contributed by atoms with van der Waals surface area (Å²) in [5.74, 6) is 0.831. The molecule has 0 saturated heterocycles. The molecule has 1 N–H and O–H groups in total. The average molecular weight is 264 g/mol. The van der Waals surface area contributed by atoms with Crippen LogP contribution in [0.2, 0.25) is 0 Å². The first-order chi connectivity index (χ1) is 9.74. The van der Waals surface area contributed by atoms with Crippen molar-refractivity contribution in [3.63, 3.8) is 0 Å². The highest BCUT2D eigenvalue weighted by molar-refractivity contribution is 5.81. The number of nitrogens with one attached hydrogen (secondary N) is 1. The van der Waals surface area contributed by atoms with Crippen molar-refractivity contribution < 1.29 is 0 Å². The minimum atomic E-state index is 0.688. The van der Waals surface area contributed by atoms with E-state index in [0.29, 0.717) is 6.54 Å². The first-order valence-electron chi connectivity index (χ1n) is 6.61. The molecule has 0 unspecified atom stereocenters. The maximum atomic E-state index is 4.47. The number of rotatable bonds is 3. The van der Waals surface area contributed by atoms with Gasteiger partial charge in [0, 0.05) is 24.3 Å². The normalized spacial score (nSPS) is 10.7. The monoisotopic (exact) mass is 264 g/mol. The second-order valence-corrected chi connectivity index (χ2v) is 4.79. The summed E-state index contributed by atoms with van der Waals surface area (Å²) in [5.41, 5.74) is 4.00. The van der Waals surface area contributed by atoms with Gasteiger partial charge in [0.1, 0.15) is 5.82 Å². The van der Waals surface area contributed by atoms with Crippen molar-refractivity contribution in [3.8, 4) is 0 Å². The second-order valence-electron chi connectivity index (χ2n) is 4.79. The molecule has 3 rings (SSSR count). The van der Waals surface area contributed by atoms with Crippen molar-refractivity contribution in [1.82, 2.24) is 15.0 Å². The fraction of sp³-hybridized carbons (Fsp3) is 0.188. The molecular weight excluding hydrogens is 248 g/mol. The van der Waals surface area contributed by atoms with Crippen molar-refractivity contribution in [2.24, 2.45) is 0 Å². The van der Waals surface area contributed by atoms with Crippen LogP contribution in [-0.2, 0) is 6.54 Å². The maximum Gasteiger partial charge on any atom is 0.148 e. The molecule has 0 aliphatic rings. The van der Waals surface area contributed by atoms with E-state index in [1.807, 2.05) is 26.1 Å². The number of hydrogen-bond acceptors (Lipinski definition) is 4. The third kappa shape index (κ3) is 2.45. The van der Waals surface area contributed by atoms with E-state index in [1.165, 1.54) is 0 Å². The lowest BCUT2D eigenvalue weighted by Crippen LogP contribution is -2.06. The number of fused-ring (bicyclic) bond motifs is 1. The largest absolute Gasteiger partial charge is 0.364 e. The molecule has 0 fully saturated rings. The van der Waals surface area contributed by atoms with Gasteiger partial charge in [0.05, 0.1) is 16.9 Å². The minimum absolute atomic E-state index is 0.688. The van der Waals surface area contributed by atoms with Gasteiger partial charge in [-0.2, -0.15) is 0 Å². The number of hydrogen-bond donors (Lipinski definition) is 1. The highest BCUT2D eigenvalue weighted by Crippen LogP contribution is 2.17. The zero-order chi connectivity index (χ0) is 13.9. The number of anilines is 1. The highest BCUT2D eigenvalue weighted by atomic mass is 15.0. The number of para-hydroxylation sites is 1. The first kappa shape index (κ1) is 12.5. The van der Waals surface area contributed by atoms with Gasteiger partial charge in [0.25, 0.3) is 0 Å². The lowest BCUT2D eigenvalue weighted by molar-refractivity contribution is 1.02. The summed E-state index contributed by atoms with van der Waals surface area (Å²) in [4.78, 5) is 13.2. The van der Waals surface area contributed by atoms with Crippen LogP contribution in [-0.4, -0.2) is 15.0 Å². The summed E-state index contributed by atoms with van der Waals surface area (Å²) < 4.78 is 0. The molecule has 0 aliphatic carbocycles. The van der Waals surface area contributed by atoms with Gasteiger partial charge < -0.3 is 5.32 Å². The van der Waals surface area contributed by atoms with Gasteiger partial charge in [-0.25, -0.2) is 4.98 Å². The molecule has 0 spiro atoms. The summed E-state index contributed by atoms with van der Waals surface area (Å²) in [6.07, 6.45) is 3.60. The lowest BCUT2D eigenvalue weighted by atomic mass is 10.1. The predicted molar refractivity (Wildman–Crippen MR) is 80.6 cm³/mol. The molecule has 3 aromatic rings. The third-order valence-corrected chi connectivity index (χ3v) is 3.24. The van der Waals surface area contributed by atoms with Crippen LogP contribution in [0, 0.1) is 13.8 Å². The standard InChI is InChI=1S/C16H16N4/c1-11-9-18-12(2)16(20-11)19-10-14-6-3-5-13-7-4-8-17-15(13)14/h3-9H,10H2,1-2H3,(H,19,20). The second kappa shape index (κ2) is 5.25. The number of benzene rings is 1. The van der Waals surface area contributed by atoms with Crippen LogP contribution in [0.3, 0.4) is 0 Å². The van der Waals surface area contributed by atoms with Crippen LogP contribution in [0.5, 0.6) is 0 Å². The zero-order valence-corrected chi connectivity index (χ0v) is 11.6. The van der Waals surface area contributed by atoms with E-state index in [1.54, 1.807) is 6.20 Å². The Hall–Kier alpha value is -2.49. The van der Waals surface area contributed by atoms with Crippen LogP contribution in [0.1, 0.15) is 17.0 Å². The number of pyridine rings is 1. The maximum absolute atomic E-state index is 4.47. The van der Waals surface area contributed by atoms with E-state index >= 15 is 0 Å². The van der Waals surface area contributed by atoms with Gasteiger partial charge in [-0.3, -0.25) is 9.97 Å². The highest BCUT2D eigenvalue weighted by Gasteiger charge is 2.04. The van der Waals surface area contributed by atoms with Crippen LogP contribution >= 0.6 is 0 Å². The Bertz CT molecular complexity index is 747. The zero-order valence-electron chi connectivity index (χ0n) is 11.6. The lowest BCUT2D eigenvalue weighted by Gasteiger charge is -2.10. The van der Waals surface area contributed by atoms with Crippen LogP contribution in [0.25, 0.3) is 10.9 Å². The Morgan fingerprint density at radius 3 is 2.80 bits per heavy atom. The van der Waals surface area contributed by atoms with E-state index in [2.05, 4.69) is 44.5 Å². The Morgan fingerprint density at radius 1 is 1.05 bits per heavy atom. The van der Waals surface area contributed by atoms with Gasteiger partial charge in [0.2, 0.25) is 0 Å². The molecule has 2 aromatic heterocycles. The molecule has 0 radical (unpaired) electrons. The summed E-state index contributed by atoms with van der Waals surface area (Å²) in [5, 5.41) is 4.50. The van der Waals surface area contributed by atoms with Crippen LogP contribution < -0.4 is 5.32 Å². The summed E-state index contributed by atoms with van der Waals surface area (Å²) >= 11 is 0. The summed E-state index contributed by atoms with van der Waals surface area (Å²) in [7, 11) is 0. The Morgan fingerprint density at radius 2 is 1.90 bits per heavy atom. The number of aryl methyl sites for hydroxylation is 2. The molecule has 0 bridgehead atoms. The molecule has 4 nitrogen and oxygen atoms in total. The third-order valence-electron chi connectivity index (χ3n) is 3.24. The van der Waals surface area contributed by atoms with Gasteiger partial charge in [-0.15, -0.1) is 0 Å². The molecule has 100 valence electrons. The molecule has 2 heterocycles. The minimum Gasteiger partial charge on any atom is -0.364 e.